The van der Waals surface area contributed by atoms with Crippen LogP contribution in [0.3, 0.4) is 0 Å². The molecule has 8 nitrogen and oxygen atoms in total. The van der Waals surface area contributed by atoms with Crippen LogP contribution in [0.5, 0.6) is 11.5 Å². The van der Waals surface area contributed by atoms with Crippen LogP contribution in [0.15, 0.2) is 138 Å². The molecule has 9 heteroatoms. The highest BCUT2D eigenvalue weighted by Crippen LogP contribution is 2.32. The second-order valence-corrected chi connectivity index (χ2v) is 12.2. The van der Waals surface area contributed by atoms with E-state index in [4.69, 9.17) is 9.47 Å². The quantitative estimate of drug-likeness (QED) is 0.0860. The number of hydrogen-bond acceptors (Lipinski definition) is 6. The average Bonchev–Trinajstić information content (AvgIpc) is 3.14. The van der Waals surface area contributed by atoms with Gasteiger partial charge in [0.1, 0.15) is 17.2 Å². The molecule has 1 atom stereocenters. The molecule has 0 fully saturated rings. The Balaban J connectivity index is 1.32. The van der Waals surface area contributed by atoms with Gasteiger partial charge >= 0.3 is 0 Å². The van der Waals surface area contributed by atoms with E-state index in [-0.39, 0.29) is 11.6 Å². The molecule has 5 aromatic rings. The van der Waals surface area contributed by atoms with Gasteiger partial charge in [-0.05, 0) is 71.7 Å². The summed E-state index contributed by atoms with van der Waals surface area (Å²) in [4.78, 5) is 40.9. The fourth-order valence-electron chi connectivity index (χ4n) is 4.96. The van der Waals surface area contributed by atoms with Crippen molar-refractivity contribution in [2.75, 3.05) is 24.9 Å². The summed E-state index contributed by atoms with van der Waals surface area (Å²) in [6.07, 6.45) is 2.21. The number of thioether (sulfide) groups is 1. The number of carbonyl (C=O) groups excluding carboxylic acids is 3. The van der Waals surface area contributed by atoms with Crippen molar-refractivity contribution < 1.29 is 23.9 Å². The lowest BCUT2D eigenvalue weighted by atomic mass is 10.0. The lowest BCUT2D eigenvalue weighted by Gasteiger charge is -2.17. The highest BCUT2D eigenvalue weighted by molar-refractivity contribution is 8.00. The van der Waals surface area contributed by atoms with Gasteiger partial charge in [-0.25, -0.2) is 0 Å². The maximum Gasteiger partial charge on any atom is 0.272 e. The Kier molecular flexibility index (Phi) is 11.9. The molecule has 0 aliphatic heterocycles. The number of nitrogens with one attached hydrogen (secondary N) is 3. The van der Waals surface area contributed by atoms with E-state index in [0.717, 1.165) is 21.6 Å². The molecule has 0 radical (unpaired) electrons. The summed E-state index contributed by atoms with van der Waals surface area (Å²) in [5.74, 6) is 0.0336. The first kappa shape index (κ1) is 34.5. The van der Waals surface area contributed by atoms with Gasteiger partial charge in [0.15, 0.2) is 0 Å². The summed E-state index contributed by atoms with van der Waals surface area (Å²) in [5.41, 5.74) is 4.42. The largest absolute Gasteiger partial charge is 0.497 e. The van der Waals surface area contributed by atoms with Crippen LogP contribution in [0.25, 0.3) is 17.2 Å². The van der Waals surface area contributed by atoms with Crippen LogP contribution in [-0.4, -0.2) is 37.2 Å². The molecule has 248 valence electrons. The number of benzene rings is 5. The fraction of sp³-hybridized carbons (Fsp3) is 0.125. The summed E-state index contributed by atoms with van der Waals surface area (Å²) in [6, 6.07) is 38.9. The van der Waals surface area contributed by atoms with Gasteiger partial charge in [-0.1, -0.05) is 85.8 Å². The highest BCUT2D eigenvalue weighted by atomic mass is 32.2. The van der Waals surface area contributed by atoms with E-state index in [1.54, 1.807) is 67.8 Å². The predicted molar refractivity (Wildman–Crippen MR) is 197 cm³/mol. The highest BCUT2D eigenvalue weighted by Gasteiger charge is 2.21. The van der Waals surface area contributed by atoms with Gasteiger partial charge < -0.3 is 25.4 Å². The minimum Gasteiger partial charge on any atom is -0.497 e. The van der Waals surface area contributed by atoms with Gasteiger partial charge in [-0.3, -0.25) is 14.4 Å². The Bertz CT molecular complexity index is 1930. The van der Waals surface area contributed by atoms with E-state index in [1.165, 1.54) is 18.9 Å². The number of hydrogen-bond donors (Lipinski definition) is 3. The monoisotopic (exact) mass is 671 g/mol. The van der Waals surface area contributed by atoms with Gasteiger partial charge in [-0.2, -0.15) is 0 Å². The van der Waals surface area contributed by atoms with Gasteiger partial charge in [0, 0.05) is 22.2 Å². The molecular weight excluding hydrogens is 635 g/mol. The van der Waals surface area contributed by atoms with Crippen molar-refractivity contribution in [2.24, 2.45) is 0 Å². The number of rotatable bonds is 13. The summed E-state index contributed by atoms with van der Waals surface area (Å²) in [7, 11) is 3.10. The zero-order valence-electron chi connectivity index (χ0n) is 27.4. The Labute approximate surface area is 290 Å². The minimum atomic E-state index is -0.491. The summed E-state index contributed by atoms with van der Waals surface area (Å²) < 4.78 is 10.7. The summed E-state index contributed by atoms with van der Waals surface area (Å²) in [5, 5.41) is 8.25. The Morgan fingerprint density at radius 2 is 1.43 bits per heavy atom. The topological polar surface area (TPSA) is 106 Å². The van der Waals surface area contributed by atoms with E-state index in [2.05, 4.69) is 16.0 Å². The molecule has 0 aliphatic rings. The first-order chi connectivity index (χ1) is 23.9. The number of methoxy groups -OCH3 is 2. The van der Waals surface area contributed by atoms with Crippen molar-refractivity contribution in [1.29, 1.82) is 0 Å². The molecule has 49 heavy (non-hydrogen) atoms. The lowest BCUT2D eigenvalue weighted by Crippen LogP contribution is -2.30. The standard InChI is InChI=1S/C40H37N3O5S/c1-4-37(40(46)42-34-23-22-32(47-2)26-36(34)48-3)49-33-17-11-16-31(25-33)41-39(45)35(43-38(44)30-14-9-6-10-15-30)24-27-18-20-29(21-19-27)28-12-7-5-8-13-28/h5-26,37H,4H2,1-3H3,(H,41,45)(H,42,46)(H,43,44)/b35-24+. The maximum absolute atomic E-state index is 13.7. The third-order valence-electron chi connectivity index (χ3n) is 7.56. The van der Waals surface area contributed by atoms with Crippen molar-refractivity contribution >= 4 is 46.9 Å². The van der Waals surface area contributed by atoms with Crippen molar-refractivity contribution in [3.63, 3.8) is 0 Å². The third kappa shape index (κ3) is 9.39. The minimum absolute atomic E-state index is 0.0821. The Morgan fingerprint density at radius 3 is 2.10 bits per heavy atom. The van der Waals surface area contributed by atoms with Crippen molar-refractivity contribution in [3.8, 4) is 22.6 Å². The Hall–Kier alpha value is -5.80. The molecule has 0 aliphatic carbocycles. The Morgan fingerprint density at radius 1 is 0.735 bits per heavy atom. The predicted octanol–water partition coefficient (Wildman–Crippen LogP) is 8.29. The lowest BCUT2D eigenvalue weighted by molar-refractivity contribution is -0.116. The van der Waals surface area contributed by atoms with Crippen molar-refractivity contribution in [1.82, 2.24) is 5.32 Å². The second kappa shape index (κ2) is 16.9. The molecule has 3 amide bonds. The summed E-state index contributed by atoms with van der Waals surface area (Å²) in [6.45, 7) is 1.94. The SMILES string of the molecule is CCC(Sc1cccc(NC(=O)/C(=C\c2ccc(-c3ccccc3)cc2)NC(=O)c2ccccc2)c1)C(=O)Nc1ccc(OC)cc1OC. The van der Waals surface area contributed by atoms with E-state index < -0.39 is 17.1 Å². The maximum atomic E-state index is 13.7. The van der Waals surface area contributed by atoms with E-state index in [1.807, 2.05) is 79.7 Å². The molecule has 1 unspecified atom stereocenters. The molecule has 0 saturated heterocycles. The number of anilines is 2. The molecule has 3 N–H and O–H groups in total. The number of ether oxygens (including phenoxy) is 2. The van der Waals surface area contributed by atoms with Crippen molar-refractivity contribution in [2.45, 2.75) is 23.5 Å². The zero-order chi connectivity index (χ0) is 34.6. The normalized spacial score (nSPS) is 11.6. The fourth-order valence-corrected chi connectivity index (χ4v) is 5.97. The van der Waals surface area contributed by atoms with Crippen LogP contribution in [0.2, 0.25) is 0 Å². The molecule has 5 rings (SSSR count). The molecule has 0 heterocycles. The third-order valence-corrected chi connectivity index (χ3v) is 8.92. The van der Waals surface area contributed by atoms with Crippen LogP contribution in [0.4, 0.5) is 11.4 Å². The molecule has 0 bridgehead atoms. The van der Waals surface area contributed by atoms with Crippen LogP contribution in [0, 0.1) is 0 Å². The smallest absolute Gasteiger partial charge is 0.272 e. The van der Waals surface area contributed by atoms with Crippen LogP contribution in [0.1, 0.15) is 29.3 Å². The molecule has 0 spiro atoms. The van der Waals surface area contributed by atoms with Crippen LogP contribution >= 0.6 is 11.8 Å². The van der Waals surface area contributed by atoms with Gasteiger partial charge in [-0.15, -0.1) is 11.8 Å². The van der Waals surface area contributed by atoms with Crippen LogP contribution in [-0.2, 0) is 9.59 Å². The first-order valence-electron chi connectivity index (χ1n) is 15.7. The van der Waals surface area contributed by atoms with Gasteiger partial charge in [0.25, 0.3) is 11.8 Å². The van der Waals surface area contributed by atoms with Gasteiger partial charge in [0.05, 0.1) is 25.2 Å². The van der Waals surface area contributed by atoms with E-state index >= 15 is 0 Å². The molecule has 0 saturated carbocycles. The zero-order valence-corrected chi connectivity index (χ0v) is 28.3. The second-order valence-electron chi connectivity index (χ2n) is 10.9. The molecular formula is C40H37N3O5S. The van der Waals surface area contributed by atoms with E-state index in [9.17, 15) is 14.4 Å². The van der Waals surface area contributed by atoms with Crippen molar-refractivity contribution in [3.05, 3.63) is 144 Å². The molecule has 0 aromatic heterocycles. The van der Waals surface area contributed by atoms with Crippen LogP contribution < -0.4 is 25.4 Å². The molecule has 5 aromatic carbocycles. The van der Waals surface area contributed by atoms with Gasteiger partial charge in [0.2, 0.25) is 5.91 Å². The number of amides is 3. The first-order valence-corrected chi connectivity index (χ1v) is 16.6. The number of carbonyl (C=O) groups is 3. The van der Waals surface area contributed by atoms with E-state index in [0.29, 0.717) is 34.9 Å². The summed E-state index contributed by atoms with van der Waals surface area (Å²) >= 11 is 1.38. The average molecular weight is 672 g/mol.